The van der Waals surface area contributed by atoms with E-state index in [2.05, 4.69) is 0 Å². The largest absolute Gasteiger partial charge is 0.419 e. The molecule has 90 valence electrons. The minimum Gasteiger partial charge on any atom is -0.419 e. The van der Waals surface area contributed by atoms with Crippen LogP contribution in [0, 0.1) is 0 Å². The van der Waals surface area contributed by atoms with Crippen molar-refractivity contribution < 1.29 is 9.53 Å². The zero-order valence-electron chi connectivity index (χ0n) is 9.30. The van der Waals surface area contributed by atoms with Crippen LogP contribution in [0.25, 0.3) is 0 Å². The van der Waals surface area contributed by atoms with E-state index in [9.17, 15) is 9.59 Å². The van der Waals surface area contributed by atoms with Crippen molar-refractivity contribution in [2.45, 2.75) is 0 Å². The number of hydrogen-bond acceptors (Lipinski definition) is 3. The van der Waals surface area contributed by atoms with Gasteiger partial charge in [0.2, 0.25) is 5.43 Å². The Kier molecular flexibility index (Phi) is 3.75. The lowest BCUT2D eigenvalue weighted by molar-refractivity contribution is 0.0733. The summed E-state index contributed by atoms with van der Waals surface area (Å²) in [6.07, 6.45) is 0. The molecule has 3 nitrogen and oxygen atoms in total. The van der Waals surface area contributed by atoms with Crippen LogP contribution in [0.15, 0.2) is 59.4 Å². The number of benzene rings is 1. The van der Waals surface area contributed by atoms with Crippen molar-refractivity contribution in [1.29, 1.82) is 0 Å². The average molecular weight is 261 g/mol. The van der Waals surface area contributed by atoms with Crippen molar-refractivity contribution in [2.24, 2.45) is 0 Å². The number of hydrogen-bond donors (Lipinski definition) is 0. The number of carbonyl (C=O) groups excluding carboxylic acids is 1. The Morgan fingerprint density at radius 1 is 1.00 bits per heavy atom. The lowest BCUT2D eigenvalue weighted by Crippen LogP contribution is -2.13. The summed E-state index contributed by atoms with van der Waals surface area (Å²) in [5, 5.41) is 0.436. The number of ether oxygens (including phenoxy) is 1. The van der Waals surface area contributed by atoms with Crippen LogP contribution in [0.3, 0.4) is 0 Å². The summed E-state index contributed by atoms with van der Waals surface area (Å²) in [6.45, 7) is 0. The van der Waals surface area contributed by atoms with Crippen LogP contribution in [0.1, 0.15) is 10.4 Å². The maximum atomic E-state index is 11.8. The Morgan fingerprint density at radius 2 is 1.78 bits per heavy atom. The van der Waals surface area contributed by atoms with E-state index in [1.807, 2.05) is 0 Å². The highest BCUT2D eigenvalue weighted by Crippen LogP contribution is 2.12. The third kappa shape index (κ3) is 2.96. The highest BCUT2D eigenvalue weighted by atomic mass is 35.5. The fourth-order valence-corrected chi connectivity index (χ4v) is 1.56. The molecule has 0 spiro atoms. The maximum absolute atomic E-state index is 11.8. The highest BCUT2D eigenvalue weighted by Gasteiger charge is 2.10. The van der Waals surface area contributed by atoms with Gasteiger partial charge in [-0.3, -0.25) is 4.79 Å². The monoisotopic (exact) mass is 260 g/mol. The lowest BCUT2D eigenvalue weighted by atomic mass is 10.2. The van der Waals surface area contributed by atoms with Crippen LogP contribution < -0.4 is 10.2 Å². The molecule has 0 radical (unpaired) electrons. The van der Waals surface area contributed by atoms with Gasteiger partial charge < -0.3 is 4.74 Å². The number of esters is 1. The summed E-state index contributed by atoms with van der Waals surface area (Å²) in [4.78, 5) is 23.4. The molecular weight excluding hydrogens is 252 g/mol. The molecule has 0 bridgehead atoms. The summed E-state index contributed by atoms with van der Waals surface area (Å²) < 4.78 is 5.04. The molecule has 0 aromatic heterocycles. The molecule has 0 heterocycles. The van der Waals surface area contributed by atoms with Crippen LogP contribution in [-0.4, -0.2) is 5.97 Å². The fraction of sp³-hybridized carbons (Fsp3) is 0. The van der Waals surface area contributed by atoms with E-state index in [0.29, 0.717) is 10.6 Å². The van der Waals surface area contributed by atoms with Crippen LogP contribution >= 0.6 is 11.6 Å². The van der Waals surface area contributed by atoms with Gasteiger partial charge in [0.15, 0.2) is 5.75 Å². The molecule has 0 atom stereocenters. The van der Waals surface area contributed by atoms with E-state index in [1.54, 1.807) is 36.4 Å². The Bertz CT molecular complexity index is 638. The second kappa shape index (κ2) is 5.47. The van der Waals surface area contributed by atoms with Crippen LogP contribution in [0.5, 0.6) is 5.75 Å². The topological polar surface area (TPSA) is 43.4 Å². The Morgan fingerprint density at radius 3 is 2.56 bits per heavy atom. The van der Waals surface area contributed by atoms with Gasteiger partial charge in [0.1, 0.15) is 0 Å². The molecule has 0 unspecified atom stereocenters. The van der Waals surface area contributed by atoms with E-state index >= 15 is 0 Å². The van der Waals surface area contributed by atoms with Crippen LogP contribution in [0.2, 0.25) is 5.02 Å². The molecule has 0 aliphatic rings. The quantitative estimate of drug-likeness (QED) is 0.780. The molecule has 0 fully saturated rings. The molecular formula is C14H9ClO3. The van der Waals surface area contributed by atoms with Crippen molar-refractivity contribution >= 4 is 17.6 Å². The molecule has 0 amide bonds. The first-order valence-electron chi connectivity index (χ1n) is 5.24. The normalized spacial score (nSPS) is 9.83. The van der Waals surface area contributed by atoms with Crippen molar-refractivity contribution in [1.82, 2.24) is 0 Å². The van der Waals surface area contributed by atoms with E-state index in [4.69, 9.17) is 16.3 Å². The summed E-state index contributed by atoms with van der Waals surface area (Å²) in [5.41, 5.74) is -0.0521. The first kappa shape index (κ1) is 12.3. The molecule has 0 aliphatic heterocycles. The van der Waals surface area contributed by atoms with Gasteiger partial charge in [-0.15, -0.1) is 0 Å². The highest BCUT2D eigenvalue weighted by molar-refractivity contribution is 6.30. The minimum atomic E-state index is -0.610. The third-order valence-corrected chi connectivity index (χ3v) is 2.46. The summed E-state index contributed by atoms with van der Waals surface area (Å²) in [7, 11) is 0. The standard InChI is InChI=1S/C14H9ClO3/c15-11-6-4-5-10(9-11)14(17)18-13-8-3-1-2-7-12(13)16/h1-9H. The summed E-state index contributed by atoms with van der Waals surface area (Å²) in [5.74, 6) is -0.620. The predicted octanol–water partition coefficient (Wildman–Crippen LogP) is 2.92. The molecule has 4 heteroatoms. The fourth-order valence-electron chi connectivity index (χ4n) is 1.37. The molecule has 18 heavy (non-hydrogen) atoms. The first-order valence-corrected chi connectivity index (χ1v) is 5.62. The molecule has 2 aromatic rings. The van der Waals surface area contributed by atoms with E-state index < -0.39 is 5.97 Å². The van der Waals surface area contributed by atoms with Crippen molar-refractivity contribution in [3.05, 3.63) is 75.4 Å². The van der Waals surface area contributed by atoms with Gasteiger partial charge in [-0.05, 0) is 30.3 Å². The van der Waals surface area contributed by atoms with E-state index in [-0.39, 0.29) is 11.2 Å². The summed E-state index contributed by atoms with van der Waals surface area (Å²) >= 11 is 5.77. The SMILES string of the molecule is O=C(Oc1cccccc1=O)c1cccc(Cl)c1. The van der Waals surface area contributed by atoms with Crippen LogP contribution in [0.4, 0.5) is 0 Å². The lowest BCUT2D eigenvalue weighted by Gasteiger charge is -2.02. The van der Waals surface area contributed by atoms with Crippen molar-refractivity contribution in [3.63, 3.8) is 0 Å². The number of carbonyl (C=O) groups is 1. The molecule has 0 aliphatic carbocycles. The van der Waals surface area contributed by atoms with E-state index in [1.165, 1.54) is 18.2 Å². The molecule has 0 saturated carbocycles. The van der Waals surface area contributed by atoms with Gasteiger partial charge in [0.05, 0.1) is 5.56 Å². The second-order valence-electron chi connectivity index (χ2n) is 3.54. The van der Waals surface area contributed by atoms with Crippen molar-refractivity contribution in [2.75, 3.05) is 0 Å². The minimum absolute atomic E-state index is 0.00928. The molecule has 2 aromatic carbocycles. The van der Waals surface area contributed by atoms with E-state index in [0.717, 1.165) is 0 Å². The third-order valence-electron chi connectivity index (χ3n) is 2.22. The van der Waals surface area contributed by atoms with Gasteiger partial charge in [-0.2, -0.15) is 0 Å². The zero-order valence-corrected chi connectivity index (χ0v) is 10.1. The number of halogens is 1. The smallest absolute Gasteiger partial charge is 0.343 e. The molecule has 0 saturated heterocycles. The first-order chi connectivity index (χ1) is 8.66. The Labute approximate surface area is 109 Å². The Balaban J connectivity index is 2.28. The number of rotatable bonds is 2. The summed E-state index contributed by atoms with van der Waals surface area (Å²) in [6, 6.07) is 14.0. The second-order valence-corrected chi connectivity index (χ2v) is 3.98. The maximum Gasteiger partial charge on any atom is 0.343 e. The molecule has 0 N–H and O–H groups in total. The molecule has 2 rings (SSSR count). The van der Waals surface area contributed by atoms with Gasteiger partial charge >= 0.3 is 5.97 Å². The Hall–Kier alpha value is -2.13. The van der Waals surface area contributed by atoms with Crippen LogP contribution in [-0.2, 0) is 0 Å². The zero-order chi connectivity index (χ0) is 13.0. The average Bonchev–Trinajstić information content (AvgIpc) is 2.55. The van der Waals surface area contributed by atoms with Gasteiger partial charge in [0, 0.05) is 5.02 Å². The van der Waals surface area contributed by atoms with Crippen molar-refractivity contribution in [3.8, 4) is 5.75 Å². The van der Waals surface area contributed by atoms with Gasteiger partial charge in [-0.1, -0.05) is 35.9 Å². The predicted molar refractivity (Wildman–Crippen MR) is 69.1 cm³/mol. The van der Waals surface area contributed by atoms with Gasteiger partial charge in [-0.25, -0.2) is 4.79 Å². The van der Waals surface area contributed by atoms with Gasteiger partial charge in [0.25, 0.3) is 0 Å².